The average molecular weight is 362 g/mol. The normalized spacial score (nSPS) is 10.7. The monoisotopic (exact) mass is 362 g/mol. The van der Waals surface area contributed by atoms with Gasteiger partial charge < -0.3 is 10.1 Å². The van der Waals surface area contributed by atoms with Gasteiger partial charge in [0.1, 0.15) is 5.75 Å². The van der Waals surface area contributed by atoms with Gasteiger partial charge in [0.05, 0.1) is 6.20 Å². The Bertz CT molecular complexity index is 938. The second kappa shape index (κ2) is 8.76. The lowest BCUT2D eigenvalue weighted by atomic mass is 10.1. The molecule has 0 unspecified atom stereocenters. The third-order valence-corrected chi connectivity index (χ3v) is 3.83. The number of hydrogen-bond donors (Lipinski definition) is 1. The zero-order valence-corrected chi connectivity index (χ0v) is 14.9. The van der Waals surface area contributed by atoms with Crippen LogP contribution in [-0.2, 0) is 11.3 Å². The predicted octanol–water partition coefficient (Wildman–Crippen LogP) is 4.65. The van der Waals surface area contributed by atoms with Crippen LogP contribution in [0.15, 0.2) is 73.1 Å². The summed E-state index contributed by atoms with van der Waals surface area (Å²) in [4.78, 5) is 15.8. The van der Waals surface area contributed by atoms with Gasteiger partial charge in [-0.2, -0.15) is 0 Å². The van der Waals surface area contributed by atoms with Crippen molar-refractivity contribution in [1.82, 2.24) is 10.3 Å². The number of nitrogens with zero attached hydrogens (tertiary/aromatic N) is 1. The molecule has 0 aliphatic heterocycles. The van der Waals surface area contributed by atoms with Crippen molar-refractivity contribution in [2.75, 3.05) is 0 Å². The number of rotatable bonds is 6. The number of aromatic nitrogens is 1. The molecule has 5 heteroatoms. The zero-order valence-electron chi connectivity index (χ0n) is 14.9. The Kier molecular flexibility index (Phi) is 5.94. The van der Waals surface area contributed by atoms with Crippen LogP contribution < -0.4 is 10.1 Å². The fourth-order valence-electron chi connectivity index (χ4n) is 2.37. The summed E-state index contributed by atoms with van der Waals surface area (Å²) in [5, 5.41) is 2.73. The SMILES string of the molecule is Cc1ccc(C=CC(=O)NCc2ccc(Oc3cccnc3)c(F)c2)cc1. The van der Waals surface area contributed by atoms with Crippen LogP contribution in [0.2, 0.25) is 0 Å². The largest absolute Gasteiger partial charge is 0.453 e. The molecule has 0 bridgehead atoms. The van der Waals surface area contributed by atoms with E-state index in [0.717, 1.165) is 11.1 Å². The molecule has 2 aromatic carbocycles. The summed E-state index contributed by atoms with van der Waals surface area (Å²) in [6.45, 7) is 2.23. The number of ether oxygens (including phenoxy) is 1. The van der Waals surface area contributed by atoms with E-state index in [0.29, 0.717) is 11.3 Å². The van der Waals surface area contributed by atoms with Crippen LogP contribution in [0, 0.1) is 12.7 Å². The van der Waals surface area contributed by atoms with Gasteiger partial charge >= 0.3 is 0 Å². The minimum atomic E-state index is -0.499. The summed E-state index contributed by atoms with van der Waals surface area (Å²) >= 11 is 0. The Morgan fingerprint density at radius 1 is 1.19 bits per heavy atom. The first-order chi connectivity index (χ1) is 13.1. The molecule has 1 amide bonds. The van der Waals surface area contributed by atoms with Gasteiger partial charge in [-0.1, -0.05) is 35.9 Å². The van der Waals surface area contributed by atoms with Gasteiger partial charge in [-0.25, -0.2) is 4.39 Å². The van der Waals surface area contributed by atoms with Crippen molar-refractivity contribution >= 4 is 12.0 Å². The maximum atomic E-state index is 14.2. The van der Waals surface area contributed by atoms with Crippen molar-refractivity contribution in [2.24, 2.45) is 0 Å². The van der Waals surface area contributed by atoms with E-state index in [4.69, 9.17) is 4.74 Å². The number of amides is 1. The van der Waals surface area contributed by atoms with Crippen LogP contribution in [0.5, 0.6) is 11.5 Å². The van der Waals surface area contributed by atoms with E-state index in [9.17, 15) is 9.18 Å². The van der Waals surface area contributed by atoms with Gasteiger partial charge in [0.25, 0.3) is 0 Å². The molecule has 0 saturated carbocycles. The number of carbonyl (C=O) groups is 1. The van der Waals surface area contributed by atoms with Gasteiger partial charge in [-0.3, -0.25) is 9.78 Å². The standard InChI is InChI=1S/C22H19FN2O2/c1-16-4-6-17(7-5-16)9-11-22(26)25-14-18-8-10-21(20(23)13-18)27-19-3-2-12-24-15-19/h2-13,15H,14H2,1H3,(H,25,26). The first-order valence-corrected chi connectivity index (χ1v) is 8.49. The molecule has 27 heavy (non-hydrogen) atoms. The van der Waals surface area contributed by atoms with Crippen molar-refractivity contribution in [3.63, 3.8) is 0 Å². The Balaban J connectivity index is 1.55. The van der Waals surface area contributed by atoms with E-state index in [1.165, 1.54) is 24.4 Å². The molecule has 0 aliphatic carbocycles. The van der Waals surface area contributed by atoms with E-state index >= 15 is 0 Å². The van der Waals surface area contributed by atoms with Crippen LogP contribution in [0.1, 0.15) is 16.7 Å². The van der Waals surface area contributed by atoms with Crippen molar-refractivity contribution in [2.45, 2.75) is 13.5 Å². The molecular weight excluding hydrogens is 343 g/mol. The number of carbonyl (C=O) groups excluding carboxylic acids is 1. The van der Waals surface area contributed by atoms with Crippen molar-refractivity contribution in [1.29, 1.82) is 0 Å². The Morgan fingerprint density at radius 2 is 2.00 bits per heavy atom. The lowest BCUT2D eigenvalue weighted by Gasteiger charge is -2.08. The molecule has 3 rings (SSSR count). The Morgan fingerprint density at radius 3 is 2.70 bits per heavy atom. The summed E-state index contributed by atoms with van der Waals surface area (Å²) in [5.41, 5.74) is 2.75. The summed E-state index contributed by atoms with van der Waals surface area (Å²) < 4.78 is 19.6. The molecule has 0 saturated heterocycles. The van der Waals surface area contributed by atoms with Crippen molar-refractivity contribution < 1.29 is 13.9 Å². The van der Waals surface area contributed by atoms with Crippen LogP contribution >= 0.6 is 0 Å². The second-order valence-electron chi connectivity index (χ2n) is 6.02. The summed E-state index contributed by atoms with van der Waals surface area (Å²) in [6, 6.07) is 15.8. The number of pyridine rings is 1. The van der Waals surface area contributed by atoms with E-state index in [2.05, 4.69) is 10.3 Å². The summed E-state index contributed by atoms with van der Waals surface area (Å²) in [5.74, 6) is -0.177. The van der Waals surface area contributed by atoms with Gasteiger partial charge in [0, 0.05) is 18.8 Å². The zero-order chi connectivity index (χ0) is 19.1. The smallest absolute Gasteiger partial charge is 0.244 e. The molecule has 0 radical (unpaired) electrons. The number of aryl methyl sites for hydroxylation is 1. The fraction of sp³-hybridized carbons (Fsp3) is 0.0909. The van der Waals surface area contributed by atoms with Crippen LogP contribution in [0.25, 0.3) is 6.08 Å². The number of benzene rings is 2. The summed E-state index contributed by atoms with van der Waals surface area (Å²) in [7, 11) is 0. The Labute approximate surface area is 157 Å². The van der Waals surface area contributed by atoms with Gasteiger partial charge in [-0.15, -0.1) is 0 Å². The molecule has 4 nitrogen and oxygen atoms in total. The van der Waals surface area contributed by atoms with Gasteiger partial charge in [0.2, 0.25) is 5.91 Å². The second-order valence-corrected chi connectivity index (χ2v) is 6.02. The first kappa shape index (κ1) is 18.3. The average Bonchev–Trinajstić information content (AvgIpc) is 2.68. The van der Waals surface area contributed by atoms with Crippen LogP contribution in [-0.4, -0.2) is 10.9 Å². The van der Waals surface area contributed by atoms with Crippen molar-refractivity contribution in [3.8, 4) is 11.5 Å². The fourth-order valence-corrected chi connectivity index (χ4v) is 2.37. The maximum Gasteiger partial charge on any atom is 0.244 e. The molecular formula is C22H19FN2O2. The molecule has 136 valence electrons. The molecule has 1 aromatic heterocycles. The topological polar surface area (TPSA) is 51.2 Å². The highest BCUT2D eigenvalue weighted by Crippen LogP contribution is 2.24. The quantitative estimate of drug-likeness (QED) is 0.650. The van der Waals surface area contributed by atoms with E-state index in [1.807, 2.05) is 31.2 Å². The minimum absolute atomic E-state index is 0.109. The third-order valence-electron chi connectivity index (χ3n) is 3.83. The predicted molar refractivity (Wildman–Crippen MR) is 103 cm³/mol. The molecule has 0 fully saturated rings. The number of nitrogens with one attached hydrogen (secondary N) is 1. The molecule has 3 aromatic rings. The van der Waals surface area contributed by atoms with Crippen molar-refractivity contribution in [3.05, 3.63) is 95.6 Å². The maximum absolute atomic E-state index is 14.2. The molecule has 0 atom stereocenters. The van der Waals surface area contributed by atoms with Gasteiger partial charge in [-0.05, 0) is 48.4 Å². The Hall–Kier alpha value is -3.47. The molecule has 0 spiro atoms. The molecule has 1 heterocycles. The van der Waals surface area contributed by atoms with Gasteiger partial charge in [0.15, 0.2) is 11.6 Å². The minimum Gasteiger partial charge on any atom is -0.453 e. The highest BCUT2D eigenvalue weighted by atomic mass is 19.1. The summed E-state index contributed by atoms with van der Waals surface area (Å²) in [6.07, 6.45) is 6.32. The lowest BCUT2D eigenvalue weighted by Crippen LogP contribution is -2.20. The van der Waals surface area contributed by atoms with Crippen LogP contribution in [0.3, 0.4) is 0 Å². The number of halogens is 1. The third kappa shape index (κ3) is 5.51. The highest BCUT2D eigenvalue weighted by Gasteiger charge is 2.07. The molecule has 0 aliphatic rings. The van der Waals surface area contributed by atoms with E-state index < -0.39 is 5.82 Å². The number of hydrogen-bond acceptors (Lipinski definition) is 3. The first-order valence-electron chi connectivity index (χ1n) is 8.49. The van der Waals surface area contributed by atoms with E-state index in [1.54, 1.807) is 30.5 Å². The lowest BCUT2D eigenvalue weighted by molar-refractivity contribution is -0.116. The van der Waals surface area contributed by atoms with E-state index in [-0.39, 0.29) is 18.2 Å². The highest BCUT2D eigenvalue weighted by molar-refractivity contribution is 5.91. The van der Waals surface area contributed by atoms with Crippen LogP contribution in [0.4, 0.5) is 4.39 Å². The molecule has 1 N–H and O–H groups in total.